The van der Waals surface area contributed by atoms with Gasteiger partial charge in [0.1, 0.15) is 0 Å². The van der Waals surface area contributed by atoms with Crippen molar-refractivity contribution < 1.29 is 13.2 Å². The molecule has 0 aliphatic carbocycles. The smallest absolute Gasteiger partial charge is 0.252 e. The average Bonchev–Trinajstić information content (AvgIpc) is 3.41. The molecule has 3 aromatic rings. The lowest BCUT2D eigenvalue weighted by atomic mass is 9.90. The Morgan fingerprint density at radius 3 is 2.30 bits per heavy atom. The number of amidine groups is 1. The number of hydrogen-bond acceptors (Lipinski definition) is 5. The summed E-state index contributed by atoms with van der Waals surface area (Å²) in [6.07, 6.45) is 3.55. The van der Waals surface area contributed by atoms with Crippen LogP contribution in [0.4, 0.5) is 11.4 Å². The minimum Gasteiger partial charge on any atom is -0.372 e. The molecule has 3 aliphatic rings. The lowest BCUT2D eigenvalue weighted by molar-refractivity contribution is -0.117. The van der Waals surface area contributed by atoms with Crippen LogP contribution in [0.5, 0.6) is 0 Å². The number of rotatable bonds is 6. The third-order valence-electron chi connectivity index (χ3n) is 8.06. The predicted octanol–water partition coefficient (Wildman–Crippen LogP) is 5.64. The Kier molecular flexibility index (Phi) is 7.93. The van der Waals surface area contributed by atoms with Gasteiger partial charge in [0.15, 0.2) is 15.0 Å². The summed E-state index contributed by atoms with van der Waals surface area (Å²) in [5, 5.41) is 0.964. The molecule has 0 saturated carbocycles. The van der Waals surface area contributed by atoms with Crippen molar-refractivity contribution in [1.82, 2.24) is 0 Å². The molecule has 3 aliphatic heterocycles. The summed E-state index contributed by atoms with van der Waals surface area (Å²) in [6, 6.07) is 26.0. The van der Waals surface area contributed by atoms with Crippen LogP contribution in [-0.2, 0) is 27.5 Å². The number of anilines is 2. The van der Waals surface area contributed by atoms with Gasteiger partial charge in [0.05, 0.1) is 24.0 Å². The lowest BCUT2D eigenvalue weighted by Gasteiger charge is -2.34. The van der Waals surface area contributed by atoms with Gasteiger partial charge in [-0.25, -0.2) is 8.42 Å². The first-order valence-electron chi connectivity index (χ1n) is 13.7. The first-order valence-corrected chi connectivity index (χ1v) is 16.8. The van der Waals surface area contributed by atoms with E-state index < -0.39 is 9.84 Å². The normalized spacial score (nSPS) is 23.5. The van der Waals surface area contributed by atoms with Gasteiger partial charge in [-0.1, -0.05) is 71.9 Å². The van der Waals surface area contributed by atoms with Crippen molar-refractivity contribution in [3.63, 3.8) is 0 Å². The van der Waals surface area contributed by atoms with Gasteiger partial charge in [0.25, 0.3) is 5.91 Å². The molecule has 3 aromatic carbocycles. The molecule has 0 radical (unpaired) electrons. The number of benzene rings is 3. The van der Waals surface area contributed by atoms with E-state index in [0.717, 1.165) is 49.3 Å². The molecule has 6 nitrogen and oxygen atoms in total. The highest BCUT2D eigenvalue weighted by molar-refractivity contribution is 8.16. The first-order chi connectivity index (χ1) is 19.3. The van der Waals surface area contributed by atoms with Crippen molar-refractivity contribution in [2.24, 2.45) is 10.9 Å². The molecule has 2 atom stereocenters. The predicted molar refractivity (Wildman–Crippen MR) is 165 cm³/mol. The standard InChI is InChI=1S/C31H32ClN3O3S2/c32-27-9-5-4-8-24(27)19-30(36)33-31-35(28-20-40(37,38)21-29(28)39-31)26-12-10-25(11-13-26)34-16-14-23(15-17-34)18-22-6-2-1-3-7-22/h1-13,23,28-29H,14-21H2. The molecule has 208 valence electrons. The molecule has 1 amide bonds. The fraction of sp³-hybridized carbons (Fsp3) is 0.355. The molecule has 3 heterocycles. The number of thioether (sulfide) groups is 1. The molecule has 0 N–H and O–H groups in total. The van der Waals surface area contributed by atoms with Crippen LogP contribution in [0.3, 0.4) is 0 Å². The van der Waals surface area contributed by atoms with Gasteiger partial charge in [0.2, 0.25) is 0 Å². The Balaban J connectivity index is 1.17. The zero-order chi connectivity index (χ0) is 27.7. The minimum absolute atomic E-state index is 0.0685. The second kappa shape index (κ2) is 11.6. The van der Waals surface area contributed by atoms with E-state index in [4.69, 9.17) is 11.6 Å². The molecule has 2 unspecified atom stereocenters. The highest BCUT2D eigenvalue weighted by Crippen LogP contribution is 2.41. The van der Waals surface area contributed by atoms with Crippen LogP contribution in [0, 0.1) is 5.92 Å². The van der Waals surface area contributed by atoms with E-state index in [-0.39, 0.29) is 35.1 Å². The maximum absolute atomic E-state index is 12.9. The van der Waals surface area contributed by atoms with E-state index in [1.807, 2.05) is 35.2 Å². The summed E-state index contributed by atoms with van der Waals surface area (Å²) in [7, 11) is -3.13. The van der Waals surface area contributed by atoms with Crippen molar-refractivity contribution in [2.45, 2.75) is 37.0 Å². The summed E-state index contributed by atoms with van der Waals surface area (Å²) in [6.45, 7) is 2.03. The van der Waals surface area contributed by atoms with Crippen molar-refractivity contribution >= 4 is 55.6 Å². The third kappa shape index (κ3) is 6.09. The number of aliphatic imine (C=N–C) groups is 1. The van der Waals surface area contributed by atoms with Gasteiger partial charge in [-0.2, -0.15) is 4.99 Å². The second-order valence-electron chi connectivity index (χ2n) is 10.9. The topological polar surface area (TPSA) is 70.0 Å². The Morgan fingerprint density at radius 1 is 0.900 bits per heavy atom. The average molecular weight is 594 g/mol. The van der Waals surface area contributed by atoms with Crippen molar-refractivity contribution in [1.29, 1.82) is 0 Å². The van der Waals surface area contributed by atoms with Gasteiger partial charge >= 0.3 is 0 Å². The summed E-state index contributed by atoms with van der Waals surface area (Å²) >= 11 is 7.65. The van der Waals surface area contributed by atoms with Gasteiger partial charge in [-0.05, 0) is 66.6 Å². The first kappa shape index (κ1) is 27.4. The quantitative estimate of drug-likeness (QED) is 0.368. The minimum atomic E-state index is -3.13. The highest BCUT2D eigenvalue weighted by atomic mass is 35.5. The molecule has 40 heavy (non-hydrogen) atoms. The highest BCUT2D eigenvalue weighted by Gasteiger charge is 2.49. The van der Waals surface area contributed by atoms with Crippen LogP contribution in [0.15, 0.2) is 83.9 Å². The van der Waals surface area contributed by atoms with Crippen LogP contribution < -0.4 is 9.80 Å². The van der Waals surface area contributed by atoms with Crippen LogP contribution in [0.2, 0.25) is 5.02 Å². The number of hydrogen-bond donors (Lipinski definition) is 0. The number of carbonyl (C=O) groups is 1. The van der Waals surface area contributed by atoms with E-state index in [0.29, 0.717) is 16.1 Å². The van der Waals surface area contributed by atoms with Gasteiger partial charge in [-0.3, -0.25) is 4.79 Å². The van der Waals surface area contributed by atoms with Crippen LogP contribution in [-0.4, -0.2) is 55.4 Å². The fourth-order valence-electron chi connectivity index (χ4n) is 5.98. The van der Waals surface area contributed by atoms with Crippen LogP contribution in [0.1, 0.15) is 24.0 Å². The summed E-state index contributed by atoms with van der Waals surface area (Å²) in [4.78, 5) is 21.8. The maximum Gasteiger partial charge on any atom is 0.252 e. The van der Waals surface area contributed by atoms with Crippen molar-refractivity contribution in [2.75, 3.05) is 34.4 Å². The molecule has 6 rings (SSSR count). The third-order valence-corrected chi connectivity index (χ3v) is 11.6. The van der Waals surface area contributed by atoms with Gasteiger partial charge < -0.3 is 9.80 Å². The van der Waals surface area contributed by atoms with E-state index in [1.54, 1.807) is 6.07 Å². The SMILES string of the molecule is O=C(Cc1ccccc1Cl)N=C1SC2CS(=O)(=O)CC2N1c1ccc(N2CCC(Cc3ccccc3)CC2)cc1. The van der Waals surface area contributed by atoms with Crippen molar-refractivity contribution in [3.8, 4) is 0 Å². The summed E-state index contributed by atoms with van der Waals surface area (Å²) < 4.78 is 24.9. The number of halogens is 1. The number of amides is 1. The zero-order valence-electron chi connectivity index (χ0n) is 22.2. The van der Waals surface area contributed by atoms with E-state index in [2.05, 4.69) is 52.4 Å². The Hall–Kier alpha value is -2.81. The largest absolute Gasteiger partial charge is 0.372 e. The molecular weight excluding hydrogens is 562 g/mol. The number of piperidine rings is 1. The molecule has 3 fully saturated rings. The number of fused-ring (bicyclic) bond motifs is 1. The molecule has 3 saturated heterocycles. The molecular formula is C31H32ClN3O3S2. The summed E-state index contributed by atoms with van der Waals surface area (Å²) in [5.41, 5.74) is 4.17. The van der Waals surface area contributed by atoms with Crippen LogP contribution in [0.25, 0.3) is 0 Å². The molecule has 0 spiro atoms. The molecule has 9 heteroatoms. The fourth-order valence-corrected chi connectivity index (χ4v) is 10.1. The zero-order valence-corrected chi connectivity index (χ0v) is 24.5. The number of nitrogens with zero attached hydrogens (tertiary/aromatic N) is 3. The van der Waals surface area contributed by atoms with Crippen molar-refractivity contribution in [3.05, 3.63) is 95.0 Å². The second-order valence-corrected chi connectivity index (χ2v) is 14.6. The number of sulfone groups is 1. The lowest BCUT2D eigenvalue weighted by Crippen LogP contribution is -2.38. The maximum atomic E-state index is 12.9. The van der Waals surface area contributed by atoms with Gasteiger partial charge in [-0.15, -0.1) is 0 Å². The van der Waals surface area contributed by atoms with E-state index in [1.165, 1.54) is 17.3 Å². The number of carbonyl (C=O) groups excluding carboxylic acids is 1. The Morgan fingerprint density at radius 2 is 1.57 bits per heavy atom. The van der Waals surface area contributed by atoms with Crippen LogP contribution >= 0.6 is 23.4 Å². The molecule has 0 bridgehead atoms. The van der Waals surface area contributed by atoms with E-state index in [9.17, 15) is 13.2 Å². The molecule has 0 aromatic heterocycles. The van der Waals surface area contributed by atoms with Gasteiger partial charge in [0, 0.05) is 34.7 Å². The van der Waals surface area contributed by atoms with E-state index >= 15 is 0 Å². The monoisotopic (exact) mass is 593 g/mol. The summed E-state index contributed by atoms with van der Waals surface area (Å²) in [5.74, 6) is 0.576. The Bertz CT molecular complexity index is 1500. The Labute approximate surface area is 245 Å².